The maximum atomic E-state index is 12.4. The maximum absolute atomic E-state index is 12.4. The van der Waals surface area contributed by atoms with E-state index in [1.165, 1.54) is 12.8 Å². The lowest BCUT2D eigenvalue weighted by atomic mass is 10.1. The molecule has 1 aliphatic carbocycles. The number of amides is 1. The molecule has 6 nitrogen and oxygen atoms in total. The van der Waals surface area contributed by atoms with Crippen LogP contribution in [0.15, 0.2) is 29.2 Å². The summed E-state index contributed by atoms with van der Waals surface area (Å²) in [7, 11) is -3.46. The molecule has 2 fully saturated rings. The van der Waals surface area contributed by atoms with E-state index in [4.69, 9.17) is 9.47 Å². The number of nitrogens with one attached hydrogen (secondary N) is 1. The third kappa shape index (κ3) is 5.53. The van der Waals surface area contributed by atoms with Crippen molar-refractivity contribution in [2.75, 3.05) is 25.6 Å². The zero-order valence-electron chi connectivity index (χ0n) is 15.1. The third-order valence-electron chi connectivity index (χ3n) is 4.86. The van der Waals surface area contributed by atoms with E-state index in [0.29, 0.717) is 19.1 Å². The molecule has 0 bridgehead atoms. The number of aryl methyl sites for hydroxylation is 1. The number of benzene rings is 1. The van der Waals surface area contributed by atoms with Gasteiger partial charge in [0, 0.05) is 19.6 Å². The second kappa shape index (κ2) is 8.50. The Labute approximate surface area is 155 Å². The van der Waals surface area contributed by atoms with Crippen LogP contribution in [0.4, 0.5) is 0 Å². The van der Waals surface area contributed by atoms with Gasteiger partial charge < -0.3 is 14.8 Å². The van der Waals surface area contributed by atoms with Gasteiger partial charge in [0.15, 0.2) is 9.84 Å². The first kappa shape index (κ1) is 19.3. The van der Waals surface area contributed by atoms with Crippen molar-refractivity contribution in [3.05, 3.63) is 29.8 Å². The van der Waals surface area contributed by atoms with E-state index in [1.807, 2.05) is 6.92 Å². The first-order chi connectivity index (χ1) is 12.4. The van der Waals surface area contributed by atoms with E-state index in [-0.39, 0.29) is 35.1 Å². The van der Waals surface area contributed by atoms with Gasteiger partial charge in [-0.25, -0.2) is 8.42 Å². The van der Waals surface area contributed by atoms with Crippen LogP contribution in [0.1, 0.15) is 31.2 Å². The Bertz CT molecular complexity index is 712. The largest absolute Gasteiger partial charge is 0.379 e. The fraction of sp³-hybridized carbons (Fsp3) is 0.632. The van der Waals surface area contributed by atoms with Crippen LogP contribution in [-0.4, -0.2) is 52.0 Å². The van der Waals surface area contributed by atoms with E-state index in [0.717, 1.165) is 18.6 Å². The SMILES string of the molecule is Cc1ccc(S(=O)(=O)CCC(=O)N[C@@H]2COCC[C@@H]2OCC2CC2)cc1. The fourth-order valence-electron chi connectivity index (χ4n) is 2.97. The predicted molar refractivity (Wildman–Crippen MR) is 97.7 cm³/mol. The summed E-state index contributed by atoms with van der Waals surface area (Å²) in [5.41, 5.74) is 0.997. The topological polar surface area (TPSA) is 81.7 Å². The molecule has 1 aliphatic heterocycles. The van der Waals surface area contributed by atoms with E-state index >= 15 is 0 Å². The summed E-state index contributed by atoms with van der Waals surface area (Å²) in [5.74, 6) is 0.174. The van der Waals surface area contributed by atoms with Gasteiger partial charge in [-0.2, -0.15) is 0 Å². The van der Waals surface area contributed by atoms with Crippen molar-refractivity contribution in [3.63, 3.8) is 0 Å². The van der Waals surface area contributed by atoms with Crippen molar-refractivity contribution in [1.29, 1.82) is 0 Å². The first-order valence-electron chi connectivity index (χ1n) is 9.22. The van der Waals surface area contributed by atoms with Crippen LogP contribution in [-0.2, 0) is 24.1 Å². The Morgan fingerprint density at radius 2 is 1.96 bits per heavy atom. The van der Waals surface area contributed by atoms with Gasteiger partial charge in [-0.05, 0) is 44.2 Å². The highest BCUT2D eigenvalue weighted by molar-refractivity contribution is 7.91. The lowest BCUT2D eigenvalue weighted by molar-refractivity contribution is -0.125. The number of ether oxygens (including phenoxy) is 2. The number of hydrogen-bond acceptors (Lipinski definition) is 5. The normalized spacial score (nSPS) is 23.6. The van der Waals surface area contributed by atoms with Gasteiger partial charge >= 0.3 is 0 Å². The summed E-state index contributed by atoms with van der Waals surface area (Å²) in [4.78, 5) is 12.5. The minimum absolute atomic E-state index is 0.0537. The van der Waals surface area contributed by atoms with Gasteiger partial charge in [0.05, 0.1) is 29.4 Å². The van der Waals surface area contributed by atoms with Crippen LogP contribution < -0.4 is 5.32 Å². The molecule has 0 unspecified atom stereocenters. The zero-order valence-corrected chi connectivity index (χ0v) is 16.0. The first-order valence-corrected chi connectivity index (χ1v) is 10.9. The number of hydrogen-bond donors (Lipinski definition) is 1. The number of carbonyl (C=O) groups is 1. The van der Waals surface area contributed by atoms with E-state index in [1.54, 1.807) is 24.3 Å². The Morgan fingerprint density at radius 1 is 1.23 bits per heavy atom. The number of sulfone groups is 1. The molecular formula is C19H27NO5S. The monoisotopic (exact) mass is 381 g/mol. The molecular weight excluding hydrogens is 354 g/mol. The average molecular weight is 381 g/mol. The van der Waals surface area contributed by atoms with Crippen LogP contribution >= 0.6 is 0 Å². The highest BCUT2D eigenvalue weighted by Gasteiger charge is 2.31. The van der Waals surface area contributed by atoms with E-state index in [9.17, 15) is 13.2 Å². The molecule has 144 valence electrons. The number of carbonyl (C=O) groups excluding carboxylic acids is 1. The lowest BCUT2D eigenvalue weighted by Crippen LogP contribution is -2.51. The highest BCUT2D eigenvalue weighted by atomic mass is 32.2. The Kier molecular flexibility index (Phi) is 6.32. The van der Waals surface area contributed by atoms with Gasteiger partial charge in [0.25, 0.3) is 0 Å². The molecule has 1 aromatic carbocycles. The smallest absolute Gasteiger partial charge is 0.221 e. The minimum atomic E-state index is -3.46. The van der Waals surface area contributed by atoms with Crippen molar-refractivity contribution < 1.29 is 22.7 Å². The molecule has 1 heterocycles. The van der Waals surface area contributed by atoms with Gasteiger partial charge in [-0.15, -0.1) is 0 Å². The van der Waals surface area contributed by atoms with Crippen molar-refractivity contribution >= 4 is 15.7 Å². The maximum Gasteiger partial charge on any atom is 0.221 e. The van der Waals surface area contributed by atoms with Crippen LogP contribution in [0.2, 0.25) is 0 Å². The molecule has 2 atom stereocenters. The predicted octanol–water partition coefficient (Wildman–Crippen LogP) is 1.86. The standard InChI is InChI=1S/C19H27NO5S/c1-14-2-6-16(7-3-14)26(22,23)11-9-19(21)20-17-13-24-10-8-18(17)25-12-15-4-5-15/h2-3,6-7,15,17-18H,4-5,8-13H2,1H3,(H,20,21)/t17-,18+/m1/s1. The van der Waals surface area contributed by atoms with Crippen LogP contribution in [0.5, 0.6) is 0 Å². The minimum Gasteiger partial charge on any atom is -0.379 e. The molecule has 1 aromatic rings. The summed E-state index contributed by atoms with van der Waals surface area (Å²) in [6.07, 6.45) is 3.07. The van der Waals surface area contributed by atoms with Gasteiger partial charge in [0.2, 0.25) is 5.91 Å². The Hall–Kier alpha value is -1.44. The molecule has 7 heteroatoms. The van der Waals surface area contributed by atoms with Gasteiger partial charge in [-0.1, -0.05) is 17.7 Å². The molecule has 26 heavy (non-hydrogen) atoms. The zero-order chi connectivity index (χ0) is 18.6. The molecule has 0 aromatic heterocycles. The summed E-state index contributed by atoms with van der Waals surface area (Å²) >= 11 is 0. The highest BCUT2D eigenvalue weighted by Crippen LogP contribution is 2.30. The summed E-state index contributed by atoms with van der Waals surface area (Å²) < 4.78 is 36.1. The van der Waals surface area contributed by atoms with E-state index in [2.05, 4.69) is 5.32 Å². The molecule has 0 radical (unpaired) electrons. The van der Waals surface area contributed by atoms with Gasteiger partial charge in [-0.3, -0.25) is 4.79 Å². The second-order valence-electron chi connectivity index (χ2n) is 7.23. The summed E-state index contributed by atoms with van der Waals surface area (Å²) in [6, 6.07) is 6.47. The molecule has 1 amide bonds. The summed E-state index contributed by atoms with van der Waals surface area (Å²) in [6.45, 7) is 3.67. The quantitative estimate of drug-likeness (QED) is 0.743. The molecule has 1 saturated heterocycles. The molecule has 2 aliphatic rings. The summed E-state index contributed by atoms with van der Waals surface area (Å²) in [5, 5.41) is 2.89. The molecule has 1 saturated carbocycles. The fourth-order valence-corrected chi connectivity index (χ4v) is 4.21. The molecule has 0 spiro atoms. The van der Waals surface area contributed by atoms with Crippen molar-refractivity contribution in [2.24, 2.45) is 5.92 Å². The lowest BCUT2D eigenvalue weighted by Gasteiger charge is -2.32. The van der Waals surface area contributed by atoms with Crippen LogP contribution in [0.25, 0.3) is 0 Å². The Balaban J connectivity index is 1.49. The van der Waals surface area contributed by atoms with Crippen molar-refractivity contribution in [1.82, 2.24) is 5.32 Å². The average Bonchev–Trinajstić information content (AvgIpc) is 3.44. The molecule has 3 rings (SSSR count). The number of rotatable bonds is 8. The van der Waals surface area contributed by atoms with Crippen molar-refractivity contribution in [2.45, 2.75) is 49.6 Å². The molecule has 1 N–H and O–H groups in total. The second-order valence-corrected chi connectivity index (χ2v) is 9.34. The Morgan fingerprint density at radius 3 is 2.65 bits per heavy atom. The van der Waals surface area contributed by atoms with Gasteiger partial charge in [0.1, 0.15) is 0 Å². The van der Waals surface area contributed by atoms with Crippen LogP contribution in [0, 0.1) is 12.8 Å². The van der Waals surface area contributed by atoms with Crippen LogP contribution in [0.3, 0.4) is 0 Å². The van der Waals surface area contributed by atoms with Crippen molar-refractivity contribution in [3.8, 4) is 0 Å². The third-order valence-corrected chi connectivity index (χ3v) is 6.59. The van der Waals surface area contributed by atoms with E-state index < -0.39 is 9.84 Å².